The second kappa shape index (κ2) is 8.23. The number of nitrogens with two attached hydrogens (primary N) is 1. The largest absolute Gasteiger partial charge is 0.438 e. The highest BCUT2D eigenvalue weighted by Crippen LogP contribution is 2.37. The van der Waals surface area contributed by atoms with E-state index in [1.807, 2.05) is 18.2 Å². The first-order valence-corrected chi connectivity index (χ1v) is 10.8. The van der Waals surface area contributed by atoms with Crippen molar-refractivity contribution < 1.29 is 9.53 Å². The molecule has 2 heterocycles. The standard InChI is InChI=1S/C22H19N3O2S2/c1-13-14(2)29-22-19(13)21(27-16-10-8-15(9-11-16)20(23)26)24-18(25-22)12-28-17-6-4-3-5-7-17/h3-11H,12H2,1-2H3,(H2,23,26). The third-order valence-electron chi connectivity index (χ3n) is 4.51. The lowest BCUT2D eigenvalue weighted by Gasteiger charge is -2.09. The van der Waals surface area contributed by atoms with Crippen molar-refractivity contribution in [2.45, 2.75) is 24.5 Å². The Morgan fingerprint density at radius 3 is 2.48 bits per heavy atom. The van der Waals surface area contributed by atoms with Crippen molar-refractivity contribution in [2.75, 3.05) is 0 Å². The van der Waals surface area contributed by atoms with E-state index >= 15 is 0 Å². The average molecular weight is 422 g/mol. The molecule has 0 saturated heterocycles. The Hall–Kier alpha value is -2.90. The van der Waals surface area contributed by atoms with Crippen molar-refractivity contribution in [3.63, 3.8) is 0 Å². The number of hydrogen-bond acceptors (Lipinski definition) is 6. The van der Waals surface area contributed by atoms with Crippen LogP contribution in [0, 0.1) is 13.8 Å². The van der Waals surface area contributed by atoms with Crippen LogP contribution in [0.15, 0.2) is 59.5 Å². The van der Waals surface area contributed by atoms with Gasteiger partial charge in [-0.25, -0.2) is 4.98 Å². The maximum atomic E-state index is 11.3. The molecule has 4 aromatic rings. The molecule has 0 saturated carbocycles. The number of fused-ring (bicyclic) bond motifs is 1. The summed E-state index contributed by atoms with van der Waals surface area (Å²) in [7, 11) is 0. The molecule has 0 atom stereocenters. The summed E-state index contributed by atoms with van der Waals surface area (Å²) in [6.07, 6.45) is 0. The number of thiophene rings is 1. The van der Waals surface area contributed by atoms with Gasteiger partial charge in [0.05, 0.1) is 11.1 Å². The fraction of sp³-hybridized carbons (Fsp3) is 0.136. The van der Waals surface area contributed by atoms with Crippen molar-refractivity contribution in [3.05, 3.63) is 76.4 Å². The molecule has 0 aliphatic heterocycles. The smallest absolute Gasteiger partial charge is 0.248 e. The highest BCUT2D eigenvalue weighted by Gasteiger charge is 2.17. The van der Waals surface area contributed by atoms with Crippen LogP contribution in [0.4, 0.5) is 0 Å². The van der Waals surface area contributed by atoms with Crippen LogP contribution in [0.2, 0.25) is 0 Å². The highest BCUT2D eigenvalue weighted by molar-refractivity contribution is 7.98. The minimum absolute atomic E-state index is 0.438. The molecule has 2 aromatic heterocycles. The minimum Gasteiger partial charge on any atom is -0.438 e. The van der Waals surface area contributed by atoms with Gasteiger partial charge in [-0.05, 0) is 55.8 Å². The minimum atomic E-state index is -0.467. The first-order chi connectivity index (χ1) is 14.0. The van der Waals surface area contributed by atoms with Crippen LogP contribution in [0.1, 0.15) is 26.6 Å². The summed E-state index contributed by atoms with van der Waals surface area (Å²) in [5.74, 6) is 2.03. The van der Waals surface area contributed by atoms with Crippen molar-refractivity contribution in [1.29, 1.82) is 0 Å². The molecule has 0 spiro atoms. The lowest BCUT2D eigenvalue weighted by molar-refractivity contribution is 0.100. The molecule has 0 aliphatic rings. The van der Waals surface area contributed by atoms with Crippen molar-refractivity contribution in [2.24, 2.45) is 5.73 Å². The van der Waals surface area contributed by atoms with E-state index in [0.29, 0.717) is 22.9 Å². The van der Waals surface area contributed by atoms with Gasteiger partial charge in [0, 0.05) is 15.3 Å². The Morgan fingerprint density at radius 2 is 1.79 bits per heavy atom. The number of carbonyl (C=O) groups is 1. The molecule has 2 aromatic carbocycles. The maximum absolute atomic E-state index is 11.3. The van der Waals surface area contributed by atoms with Crippen LogP contribution >= 0.6 is 23.1 Å². The van der Waals surface area contributed by atoms with Crippen molar-refractivity contribution in [1.82, 2.24) is 9.97 Å². The third kappa shape index (κ3) is 4.26. The maximum Gasteiger partial charge on any atom is 0.248 e. The van der Waals surface area contributed by atoms with Gasteiger partial charge < -0.3 is 10.5 Å². The predicted molar refractivity (Wildman–Crippen MR) is 118 cm³/mol. The molecular weight excluding hydrogens is 402 g/mol. The SMILES string of the molecule is Cc1sc2nc(CSc3ccccc3)nc(Oc3ccc(C(N)=O)cc3)c2c1C. The summed E-state index contributed by atoms with van der Waals surface area (Å²) < 4.78 is 6.11. The molecule has 0 bridgehead atoms. The van der Waals surface area contributed by atoms with E-state index in [-0.39, 0.29) is 0 Å². The third-order valence-corrected chi connectivity index (χ3v) is 6.62. The number of amides is 1. The second-order valence-corrected chi connectivity index (χ2v) is 8.75. The summed E-state index contributed by atoms with van der Waals surface area (Å²) >= 11 is 3.33. The van der Waals surface area contributed by atoms with Gasteiger partial charge in [-0.15, -0.1) is 23.1 Å². The monoisotopic (exact) mass is 421 g/mol. The summed E-state index contributed by atoms with van der Waals surface area (Å²) in [6, 6.07) is 16.9. The van der Waals surface area contributed by atoms with E-state index in [2.05, 4.69) is 26.0 Å². The number of aryl methyl sites for hydroxylation is 2. The Bertz CT molecular complexity index is 1170. The van der Waals surface area contributed by atoms with Crippen LogP contribution in [0.3, 0.4) is 0 Å². The van der Waals surface area contributed by atoms with Crippen LogP contribution < -0.4 is 10.5 Å². The molecule has 0 radical (unpaired) electrons. The number of aromatic nitrogens is 2. The van der Waals surface area contributed by atoms with Gasteiger partial charge in [0.2, 0.25) is 11.8 Å². The topological polar surface area (TPSA) is 78.1 Å². The normalized spacial score (nSPS) is 11.0. The molecule has 1 amide bonds. The number of benzene rings is 2. The molecular formula is C22H19N3O2S2. The first kappa shape index (κ1) is 19.4. The fourth-order valence-corrected chi connectivity index (χ4v) is 4.67. The van der Waals surface area contributed by atoms with E-state index < -0.39 is 5.91 Å². The van der Waals surface area contributed by atoms with E-state index in [1.54, 1.807) is 47.4 Å². The van der Waals surface area contributed by atoms with Gasteiger partial charge in [-0.3, -0.25) is 4.79 Å². The molecule has 4 rings (SSSR count). The predicted octanol–water partition coefficient (Wildman–Crippen LogP) is 5.49. The highest BCUT2D eigenvalue weighted by atomic mass is 32.2. The number of hydrogen-bond donors (Lipinski definition) is 1. The van der Waals surface area contributed by atoms with Gasteiger partial charge >= 0.3 is 0 Å². The molecule has 0 fully saturated rings. The Labute approximate surface area is 177 Å². The molecule has 146 valence electrons. The van der Waals surface area contributed by atoms with Crippen molar-refractivity contribution >= 4 is 39.2 Å². The number of primary amides is 1. The van der Waals surface area contributed by atoms with Crippen molar-refractivity contribution in [3.8, 4) is 11.6 Å². The summed E-state index contributed by atoms with van der Waals surface area (Å²) in [4.78, 5) is 24.0. The Balaban J connectivity index is 1.67. The van der Waals surface area contributed by atoms with E-state index in [9.17, 15) is 4.79 Å². The summed E-state index contributed by atoms with van der Waals surface area (Å²) in [6.45, 7) is 4.13. The summed E-state index contributed by atoms with van der Waals surface area (Å²) in [5, 5.41) is 0.930. The lowest BCUT2D eigenvalue weighted by atomic mass is 10.2. The Kier molecular flexibility index (Phi) is 5.51. The van der Waals surface area contributed by atoms with Gasteiger partial charge in [-0.2, -0.15) is 4.98 Å². The Morgan fingerprint density at radius 1 is 1.07 bits per heavy atom. The van der Waals surface area contributed by atoms with Crippen LogP contribution in [-0.4, -0.2) is 15.9 Å². The number of carbonyl (C=O) groups excluding carboxylic acids is 1. The molecule has 0 unspecified atom stereocenters. The fourth-order valence-electron chi connectivity index (χ4n) is 2.86. The lowest BCUT2D eigenvalue weighted by Crippen LogP contribution is -2.10. The van der Waals surface area contributed by atoms with Crippen LogP contribution in [0.5, 0.6) is 11.6 Å². The van der Waals surface area contributed by atoms with E-state index in [0.717, 1.165) is 21.6 Å². The first-order valence-electron chi connectivity index (χ1n) is 9.03. The molecule has 29 heavy (non-hydrogen) atoms. The van der Waals surface area contributed by atoms with Crippen LogP contribution in [0.25, 0.3) is 10.2 Å². The quantitative estimate of drug-likeness (QED) is 0.416. The number of rotatable bonds is 6. The van der Waals surface area contributed by atoms with E-state index in [4.69, 9.17) is 20.4 Å². The van der Waals surface area contributed by atoms with E-state index in [1.165, 1.54) is 9.77 Å². The van der Waals surface area contributed by atoms with Gasteiger partial charge in [-0.1, -0.05) is 18.2 Å². The number of nitrogens with zero attached hydrogens (tertiary/aromatic N) is 2. The number of ether oxygens (including phenoxy) is 1. The zero-order valence-corrected chi connectivity index (χ0v) is 17.6. The number of thioether (sulfide) groups is 1. The second-order valence-electron chi connectivity index (χ2n) is 6.50. The van der Waals surface area contributed by atoms with Crippen LogP contribution in [-0.2, 0) is 5.75 Å². The molecule has 7 heteroatoms. The molecule has 5 nitrogen and oxygen atoms in total. The summed E-state index contributed by atoms with van der Waals surface area (Å²) in [5.41, 5.74) is 6.87. The molecule has 2 N–H and O–H groups in total. The zero-order chi connectivity index (χ0) is 20.4. The van der Waals surface area contributed by atoms with Gasteiger partial charge in [0.1, 0.15) is 16.4 Å². The average Bonchev–Trinajstić information content (AvgIpc) is 3.01. The van der Waals surface area contributed by atoms with Gasteiger partial charge in [0.25, 0.3) is 0 Å². The van der Waals surface area contributed by atoms with Gasteiger partial charge in [0.15, 0.2) is 0 Å². The molecule has 0 aliphatic carbocycles. The zero-order valence-electron chi connectivity index (χ0n) is 16.0.